The number of aromatic nitrogens is 1. The fraction of sp³-hybridized carbons (Fsp3) is 0.382. The molecule has 2 fully saturated rings. The van der Waals surface area contributed by atoms with E-state index in [4.69, 9.17) is 4.74 Å². The molecular formula is C34H35F4N7O4. The van der Waals surface area contributed by atoms with E-state index in [9.17, 15) is 37.2 Å². The van der Waals surface area contributed by atoms with Crippen molar-refractivity contribution in [1.29, 1.82) is 5.26 Å². The molecule has 0 spiro atoms. The van der Waals surface area contributed by atoms with Gasteiger partial charge in [0.25, 0.3) is 5.92 Å². The fourth-order valence-corrected chi connectivity index (χ4v) is 5.71. The summed E-state index contributed by atoms with van der Waals surface area (Å²) in [6, 6.07) is 11.7. The zero-order valence-corrected chi connectivity index (χ0v) is 27.2. The molecule has 2 aromatic carbocycles. The van der Waals surface area contributed by atoms with Gasteiger partial charge in [-0.05, 0) is 63.1 Å². The monoisotopic (exact) mass is 681 g/mol. The molecule has 0 bridgehead atoms. The maximum atomic E-state index is 14.8. The van der Waals surface area contributed by atoms with Crippen molar-refractivity contribution in [3.05, 3.63) is 89.1 Å². The van der Waals surface area contributed by atoms with Crippen molar-refractivity contribution >= 4 is 29.4 Å². The minimum atomic E-state index is -2.95. The molecule has 15 heteroatoms. The number of pyridine rings is 1. The van der Waals surface area contributed by atoms with Crippen molar-refractivity contribution in [1.82, 2.24) is 20.6 Å². The summed E-state index contributed by atoms with van der Waals surface area (Å²) in [5, 5.41) is 13.3. The van der Waals surface area contributed by atoms with Gasteiger partial charge in [0, 0.05) is 31.1 Å². The van der Waals surface area contributed by atoms with Gasteiger partial charge in [0.2, 0.25) is 11.8 Å². The van der Waals surface area contributed by atoms with Crippen molar-refractivity contribution in [2.45, 2.75) is 70.3 Å². The molecule has 2 atom stereocenters. The van der Waals surface area contributed by atoms with Gasteiger partial charge in [0.05, 0.1) is 23.9 Å². The summed E-state index contributed by atoms with van der Waals surface area (Å²) in [6.07, 6.45) is -1.95. The molecule has 2 heterocycles. The number of benzene rings is 2. The highest BCUT2D eigenvalue weighted by atomic mass is 19.3. The normalized spacial score (nSPS) is 18.3. The molecule has 1 aliphatic carbocycles. The molecule has 2 aliphatic rings. The Morgan fingerprint density at radius 3 is 2.39 bits per heavy atom. The van der Waals surface area contributed by atoms with Crippen LogP contribution in [0.2, 0.25) is 0 Å². The zero-order valence-electron chi connectivity index (χ0n) is 27.2. The van der Waals surface area contributed by atoms with Crippen LogP contribution in [0.25, 0.3) is 0 Å². The van der Waals surface area contributed by atoms with Crippen molar-refractivity contribution < 1.29 is 36.7 Å². The van der Waals surface area contributed by atoms with E-state index in [2.05, 4.69) is 15.7 Å². The summed E-state index contributed by atoms with van der Waals surface area (Å²) < 4.78 is 62.7. The van der Waals surface area contributed by atoms with Crippen LogP contribution in [0.4, 0.5) is 33.9 Å². The van der Waals surface area contributed by atoms with Gasteiger partial charge >= 0.3 is 6.09 Å². The Morgan fingerprint density at radius 2 is 1.78 bits per heavy atom. The Morgan fingerprint density at radius 1 is 1.10 bits per heavy atom. The van der Waals surface area contributed by atoms with Crippen LogP contribution in [0.3, 0.4) is 0 Å². The third kappa shape index (κ3) is 8.26. The van der Waals surface area contributed by atoms with Crippen molar-refractivity contribution in [2.24, 2.45) is 0 Å². The number of carbonyl (C=O) groups is 3. The number of rotatable bonds is 8. The molecule has 1 saturated carbocycles. The number of amides is 3. The number of piperazine rings is 1. The highest BCUT2D eigenvalue weighted by Gasteiger charge is 2.47. The summed E-state index contributed by atoms with van der Waals surface area (Å²) in [7, 11) is 0. The first kappa shape index (κ1) is 35.1. The second kappa shape index (κ2) is 13.7. The number of ether oxygens (including phenoxy) is 1. The molecule has 1 saturated heterocycles. The number of halogens is 4. The van der Waals surface area contributed by atoms with Crippen molar-refractivity contribution in [2.75, 3.05) is 23.0 Å². The number of hydrogen-bond acceptors (Lipinski definition) is 8. The largest absolute Gasteiger partial charge is 0.444 e. The van der Waals surface area contributed by atoms with Gasteiger partial charge in [-0.15, -0.1) is 0 Å². The summed E-state index contributed by atoms with van der Waals surface area (Å²) in [6.45, 7) is 5.94. The fourth-order valence-electron chi connectivity index (χ4n) is 5.71. The van der Waals surface area contributed by atoms with E-state index >= 15 is 0 Å². The second-order valence-corrected chi connectivity index (χ2v) is 13.0. The molecule has 0 radical (unpaired) electrons. The van der Waals surface area contributed by atoms with Gasteiger partial charge in [-0.2, -0.15) is 5.26 Å². The van der Waals surface area contributed by atoms with Crippen LogP contribution in [0.1, 0.15) is 56.3 Å². The maximum absolute atomic E-state index is 14.8. The maximum Gasteiger partial charge on any atom is 0.410 e. The molecule has 258 valence electrons. The highest BCUT2D eigenvalue weighted by molar-refractivity contribution is 5.97. The molecular weight excluding hydrogens is 646 g/mol. The van der Waals surface area contributed by atoms with Crippen LogP contribution in [0, 0.1) is 29.9 Å². The SMILES string of the molecule is Cc1ccccc1C(C(=O)NC1CC(F)(F)C1)N(NC1CN(C(=O)OC(C)(C)C)CC(=O)N1c1cc(C#N)ccn1)c1cc(F)cc(F)c1. The van der Waals surface area contributed by atoms with E-state index in [-0.39, 0.29) is 23.6 Å². The number of hydrazine groups is 1. The average molecular weight is 682 g/mol. The lowest BCUT2D eigenvalue weighted by molar-refractivity contribution is -0.130. The molecule has 2 N–H and O–H groups in total. The van der Waals surface area contributed by atoms with E-state index in [0.29, 0.717) is 17.2 Å². The van der Waals surface area contributed by atoms with Crippen molar-refractivity contribution in [3.63, 3.8) is 0 Å². The van der Waals surface area contributed by atoms with E-state index in [0.717, 1.165) is 22.0 Å². The van der Waals surface area contributed by atoms with Gasteiger partial charge in [-0.1, -0.05) is 24.3 Å². The minimum Gasteiger partial charge on any atom is -0.444 e. The molecule has 49 heavy (non-hydrogen) atoms. The number of anilines is 2. The molecule has 3 aromatic rings. The first-order valence-electron chi connectivity index (χ1n) is 15.4. The number of alkyl halides is 2. The number of nitrogens with one attached hydrogen (secondary N) is 2. The third-order valence-corrected chi connectivity index (χ3v) is 7.91. The van der Waals surface area contributed by atoms with Gasteiger partial charge in [-0.25, -0.2) is 32.8 Å². The van der Waals surface area contributed by atoms with Crippen LogP contribution >= 0.6 is 0 Å². The van der Waals surface area contributed by atoms with Gasteiger partial charge < -0.3 is 10.1 Å². The quantitative estimate of drug-likeness (QED) is 0.248. The summed E-state index contributed by atoms with van der Waals surface area (Å²) in [5.74, 6) is -6.33. The van der Waals surface area contributed by atoms with E-state index in [1.54, 1.807) is 52.0 Å². The van der Waals surface area contributed by atoms with Gasteiger partial charge in [-0.3, -0.25) is 24.4 Å². The standard InChI is InChI=1S/C34H35F4N7O4/c1-20-7-5-6-8-26(20)30(31(47)41-24-15-34(37,38)16-24)45(25-13-22(35)12-23(36)14-25)42-28-18-43(32(48)49-33(2,3)4)19-29(46)44(28)27-11-21(17-39)9-10-40-27/h5-14,24,28,30,42H,15-16,18-19H2,1-4H3,(H,41,47). The minimum absolute atomic E-state index is 0.0179. The third-order valence-electron chi connectivity index (χ3n) is 7.91. The number of hydrogen-bond donors (Lipinski definition) is 2. The topological polar surface area (TPSA) is 131 Å². The lowest BCUT2D eigenvalue weighted by Gasteiger charge is -2.45. The average Bonchev–Trinajstić information content (AvgIpc) is 2.99. The van der Waals surface area contributed by atoms with Crippen LogP contribution in [-0.4, -0.2) is 64.6 Å². The van der Waals surface area contributed by atoms with Crippen LogP contribution < -0.4 is 20.7 Å². The van der Waals surface area contributed by atoms with Crippen LogP contribution in [0.5, 0.6) is 0 Å². The lowest BCUT2D eigenvalue weighted by Crippen LogP contribution is -2.67. The lowest BCUT2D eigenvalue weighted by atomic mass is 9.87. The molecule has 1 aromatic heterocycles. The first-order valence-corrected chi connectivity index (χ1v) is 15.4. The smallest absolute Gasteiger partial charge is 0.410 e. The number of nitrogens with zero attached hydrogens (tertiary/aromatic N) is 5. The van der Waals surface area contributed by atoms with E-state index < -0.39 is 78.7 Å². The van der Waals surface area contributed by atoms with Crippen LogP contribution in [-0.2, 0) is 14.3 Å². The van der Waals surface area contributed by atoms with Crippen molar-refractivity contribution in [3.8, 4) is 6.07 Å². The van der Waals surface area contributed by atoms with Gasteiger partial charge in [0.1, 0.15) is 41.8 Å². The second-order valence-electron chi connectivity index (χ2n) is 13.0. The molecule has 1 aliphatic heterocycles. The van der Waals surface area contributed by atoms with Crippen LogP contribution in [0.15, 0.2) is 60.8 Å². The number of nitriles is 1. The zero-order chi connectivity index (χ0) is 35.7. The molecule has 2 unspecified atom stereocenters. The highest BCUT2D eigenvalue weighted by Crippen LogP contribution is 2.38. The Kier molecular flexibility index (Phi) is 9.82. The number of aryl methyl sites for hydroxylation is 1. The van der Waals surface area contributed by atoms with E-state index in [1.807, 2.05) is 6.07 Å². The Labute approximate surface area is 280 Å². The summed E-state index contributed by atoms with van der Waals surface area (Å²) in [5.41, 5.74) is 3.04. The Bertz CT molecular complexity index is 1770. The Hall–Kier alpha value is -5.23. The predicted molar refractivity (Wildman–Crippen MR) is 170 cm³/mol. The molecule has 3 amide bonds. The number of carbonyl (C=O) groups excluding carboxylic acids is 3. The van der Waals surface area contributed by atoms with E-state index in [1.165, 1.54) is 23.2 Å². The molecule has 11 nitrogen and oxygen atoms in total. The Balaban J connectivity index is 1.64. The van der Waals surface area contributed by atoms with Gasteiger partial charge in [0.15, 0.2) is 0 Å². The predicted octanol–water partition coefficient (Wildman–Crippen LogP) is 5.12. The summed E-state index contributed by atoms with van der Waals surface area (Å²) in [4.78, 5) is 47.7. The summed E-state index contributed by atoms with van der Waals surface area (Å²) >= 11 is 0. The first-order chi connectivity index (χ1) is 23.0. The molecule has 5 rings (SSSR count).